The van der Waals surface area contributed by atoms with Gasteiger partial charge in [0.25, 0.3) is 0 Å². The fourth-order valence-corrected chi connectivity index (χ4v) is 8.17. The van der Waals surface area contributed by atoms with Crippen molar-refractivity contribution in [3.63, 3.8) is 0 Å². The standard InChI is InChI=1S/C47H62N2O10/c1-10-30-19-43(59-47(8,9)22-35-25-52-35)32(12-3)17-40(30)54-26-36-24-49(45(51)57-36)39-16-14-15-38(29(39)5)48-23-34(56-44(48)50)21-46(6,7)58-42-20-31(11-2)41(18-33(42)13-4)55-28-37-27-53-37/h14-20,34-37H,10-13,21-28H2,1-9H3. The summed E-state index contributed by atoms with van der Waals surface area (Å²) in [7, 11) is 0. The van der Waals surface area contributed by atoms with Gasteiger partial charge in [0, 0.05) is 12.8 Å². The van der Waals surface area contributed by atoms with E-state index in [1.54, 1.807) is 9.80 Å². The molecule has 0 saturated carbocycles. The van der Waals surface area contributed by atoms with Gasteiger partial charge >= 0.3 is 12.2 Å². The molecule has 0 bridgehead atoms. The molecule has 4 heterocycles. The predicted molar refractivity (Wildman–Crippen MR) is 226 cm³/mol. The maximum absolute atomic E-state index is 13.4. The normalized spacial score (nSPS) is 21.4. The second-order valence-corrected chi connectivity index (χ2v) is 17.4. The van der Waals surface area contributed by atoms with Gasteiger partial charge in [-0.25, -0.2) is 9.59 Å². The number of rotatable bonds is 20. The second kappa shape index (κ2) is 17.5. The average molecular weight is 815 g/mol. The zero-order valence-corrected chi connectivity index (χ0v) is 36.3. The van der Waals surface area contributed by atoms with Crippen LogP contribution in [0.2, 0.25) is 0 Å². The van der Waals surface area contributed by atoms with Gasteiger partial charge in [0.2, 0.25) is 0 Å². The Kier molecular flexibility index (Phi) is 12.6. The molecule has 3 aromatic carbocycles. The number of epoxide rings is 2. The van der Waals surface area contributed by atoms with Crippen molar-refractivity contribution >= 4 is 23.6 Å². The number of nitrogens with zero attached hydrogens (tertiary/aromatic N) is 2. The lowest BCUT2D eigenvalue weighted by Gasteiger charge is -2.30. The third-order valence-corrected chi connectivity index (χ3v) is 11.5. The maximum atomic E-state index is 13.4. The van der Waals surface area contributed by atoms with E-state index in [9.17, 15) is 9.59 Å². The number of carbonyl (C=O) groups excluding carboxylic acids is 2. The first kappa shape index (κ1) is 42.4. The zero-order valence-electron chi connectivity index (χ0n) is 36.3. The lowest BCUT2D eigenvalue weighted by Crippen LogP contribution is -2.35. The van der Waals surface area contributed by atoms with Crippen molar-refractivity contribution in [2.45, 2.75) is 136 Å². The van der Waals surface area contributed by atoms with Gasteiger partial charge in [0.1, 0.15) is 59.6 Å². The Hall–Kier alpha value is -4.68. The molecule has 59 heavy (non-hydrogen) atoms. The van der Waals surface area contributed by atoms with E-state index in [1.807, 2.05) is 39.0 Å². The van der Waals surface area contributed by atoms with Gasteiger partial charge in [-0.15, -0.1) is 0 Å². The first-order valence-corrected chi connectivity index (χ1v) is 21.4. The van der Waals surface area contributed by atoms with Crippen molar-refractivity contribution in [1.29, 1.82) is 0 Å². The number of cyclic esters (lactones) is 2. The highest BCUT2D eigenvalue weighted by molar-refractivity contribution is 5.95. The Morgan fingerprint density at radius 3 is 1.44 bits per heavy atom. The van der Waals surface area contributed by atoms with Crippen molar-refractivity contribution in [2.75, 3.05) is 49.3 Å². The molecule has 4 fully saturated rings. The van der Waals surface area contributed by atoms with E-state index in [0.29, 0.717) is 37.5 Å². The molecule has 2 amide bonds. The van der Waals surface area contributed by atoms with E-state index >= 15 is 0 Å². The van der Waals surface area contributed by atoms with E-state index in [0.717, 1.165) is 96.1 Å². The van der Waals surface area contributed by atoms with Gasteiger partial charge in [-0.3, -0.25) is 9.80 Å². The molecule has 4 unspecified atom stereocenters. The monoisotopic (exact) mass is 814 g/mol. The third-order valence-electron chi connectivity index (χ3n) is 11.5. The van der Waals surface area contributed by atoms with Crippen molar-refractivity contribution in [3.05, 3.63) is 70.3 Å². The smallest absolute Gasteiger partial charge is 0.414 e. The minimum Gasteiger partial charge on any atom is -0.490 e. The summed E-state index contributed by atoms with van der Waals surface area (Å²) < 4.78 is 48.2. The quantitative estimate of drug-likeness (QED) is 0.102. The highest BCUT2D eigenvalue weighted by atomic mass is 16.6. The lowest BCUT2D eigenvalue weighted by molar-refractivity contribution is 0.0447. The molecule has 4 saturated heterocycles. The molecule has 12 nitrogen and oxygen atoms in total. The minimum atomic E-state index is -0.637. The summed E-state index contributed by atoms with van der Waals surface area (Å²) in [6, 6.07) is 13.9. The van der Waals surface area contributed by atoms with Crippen LogP contribution in [-0.2, 0) is 44.6 Å². The van der Waals surface area contributed by atoms with Crippen LogP contribution in [0.25, 0.3) is 0 Å². The fourth-order valence-electron chi connectivity index (χ4n) is 8.17. The van der Waals surface area contributed by atoms with Crippen LogP contribution in [0.1, 0.15) is 96.0 Å². The molecule has 0 aliphatic carbocycles. The van der Waals surface area contributed by atoms with E-state index in [-0.39, 0.29) is 24.4 Å². The molecule has 4 aliphatic heterocycles. The van der Waals surface area contributed by atoms with Gasteiger partial charge in [-0.2, -0.15) is 0 Å². The molecule has 0 aromatic heterocycles. The van der Waals surface area contributed by atoms with Crippen LogP contribution in [0.5, 0.6) is 23.0 Å². The Balaban J connectivity index is 0.979. The number of anilines is 2. The summed E-state index contributed by atoms with van der Waals surface area (Å²) >= 11 is 0. The summed E-state index contributed by atoms with van der Waals surface area (Å²) in [5, 5.41) is 0. The lowest BCUT2D eigenvalue weighted by atomic mass is 9.99. The summed E-state index contributed by atoms with van der Waals surface area (Å²) in [6.07, 6.45) is 3.13. The largest absolute Gasteiger partial charge is 0.490 e. The highest BCUT2D eigenvalue weighted by Crippen LogP contribution is 2.39. The van der Waals surface area contributed by atoms with Gasteiger partial charge in [-0.05, 0) is 125 Å². The summed E-state index contributed by atoms with van der Waals surface area (Å²) in [5.41, 5.74) is 5.37. The first-order chi connectivity index (χ1) is 28.2. The van der Waals surface area contributed by atoms with Crippen molar-refractivity contribution in [3.8, 4) is 23.0 Å². The fraction of sp³-hybridized carbons (Fsp3) is 0.574. The topological polar surface area (TPSA) is 121 Å². The molecule has 0 N–H and O–H groups in total. The van der Waals surface area contributed by atoms with Crippen molar-refractivity contribution in [2.24, 2.45) is 0 Å². The number of hydrogen-bond acceptors (Lipinski definition) is 10. The number of carbonyl (C=O) groups is 2. The van der Waals surface area contributed by atoms with E-state index in [1.165, 1.54) is 0 Å². The number of ether oxygens (including phenoxy) is 8. The molecular formula is C47H62N2O10. The molecule has 0 spiro atoms. The van der Waals surface area contributed by atoms with Crippen LogP contribution in [0, 0.1) is 6.92 Å². The highest BCUT2D eigenvalue weighted by Gasteiger charge is 2.40. The molecule has 12 heteroatoms. The second-order valence-electron chi connectivity index (χ2n) is 17.4. The van der Waals surface area contributed by atoms with Gasteiger partial charge in [0.05, 0.1) is 43.8 Å². The Bertz CT molecular complexity index is 2000. The van der Waals surface area contributed by atoms with Gasteiger partial charge in [0.15, 0.2) is 6.10 Å². The van der Waals surface area contributed by atoms with Gasteiger partial charge in [-0.1, -0.05) is 33.8 Å². The van der Waals surface area contributed by atoms with Crippen LogP contribution >= 0.6 is 0 Å². The molecule has 320 valence electrons. The summed E-state index contributed by atoms with van der Waals surface area (Å²) in [6.45, 7) is 21.5. The molecule has 0 radical (unpaired) electrons. The summed E-state index contributed by atoms with van der Waals surface area (Å²) in [5.74, 6) is 3.32. The van der Waals surface area contributed by atoms with Gasteiger partial charge < -0.3 is 37.9 Å². The van der Waals surface area contributed by atoms with E-state index in [4.69, 9.17) is 37.9 Å². The Morgan fingerprint density at radius 2 is 0.983 bits per heavy atom. The van der Waals surface area contributed by atoms with Crippen LogP contribution in [0.3, 0.4) is 0 Å². The molecule has 4 atom stereocenters. The predicted octanol–water partition coefficient (Wildman–Crippen LogP) is 8.95. The number of benzene rings is 3. The molecule has 4 aliphatic rings. The third kappa shape index (κ3) is 10.2. The van der Waals surface area contributed by atoms with E-state index in [2.05, 4.69) is 65.8 Å². The van der Waals surface area contributed by atoms with Crippen molar-refractivity contribution < 1.29 is 47.5 Å². The van der Waals surface area contributed by atoms with Crippen LogP contribution in [0.4, 0.5) is 21.0 Å². The maximum Gasteiger partial charge on any atom is 0.414 e. The molecule has 7 rings (SSSR count). The summed E-state index contributed by atoms with van der Waals surface area (Å²) in [4.78, 5) is 30.0. The number of amides is 2. The average Bonchev–Trinajstić information content (AvgIpc) is 4.13. The minimum absolute atomic E-state index is 0.180. The first-order valence-electron chi connectivity index (χ1n) is 21.4. The Morgan fingerprint density at radius 1 is 0.593 bits per heavy atom. The number of aryl methyl sites for hydroxylation is 4. The van der Waals surface area contributed by atoms with E-state index < -0.39 is 30.0 Å². The SMILES string of the molecule is CCc1cc(OC(C)(C)CC2CN(c3cccc(N4CC(COc5cc(CC)c(OC(C)(C)CC6CO6)cc5CC)OC4=O)c3C)C(=O)O2)c(CC)cc1OCC1CO1. The Labute approximate surface area is 349 Å². The molecular weight excluding hydrogens is 753 g/mol. The zero-order chi connectivity index (χ0) is 42.1. The molecule has 3 aromatic rings. The van der Waals surface area contributed by atoms with Crippen LogP contribution in [0.15, 0.2) is 42.5 Å². The number of hydrogen-bond donors (Lipinski definition) is 0. The van der Waals surface area contributed by atoms with Crippen molar-refractivity contribution in [1.82, 2.24) is 0 Å². The van der Waals surface area contributed by atoms with Crippen LogP contribution in [-0.4, -0.2) is 87.3 Å². The van der Waals surface area contributed by atoms with Crippen LogP contribution < -0.4 is 28.7 Å².